The highest BCUT2D eigenvalue weighted by atomic mass is 31.2. The third-order valence-corrected chi connectivity index (χ3v) is 6.74. The molecule has 0 amide bonds. The molecule has 0 aromatic carbocycles. The zero-order chi connectivity index (χ0) is 22.1. The van der Waals surface area contributed by atoms with Gasteiger partial charge in [0.2, 0.25) is 0 Å². The van der Waals surface area contributed by atoms with E-state index < -0.39 is 8.60 Å². The summed E-state index contributed by atoms with van der Waals surface area (Å²) in [5, 5.41) is 0. The van der Waals surface area contributed by atoms with E-state index in [0.29, 0.717) is 0 Å². The van der Waals surface area contributed by atoms with E-state index in [1.54, 1.807) is 0 Å². The fourth-order valence-corrected chi connectivity index (χ4v) is 4.76. The van der Waals surface area contributed by atoms with Crippen molar-refractivity contribution in [2.24, 2.45) is 0 Å². The van der Waals surface area contributed by atoms with Crippen LogP contribution in [-0.2, 0) is 4.52 Å². The minimum absolute atomic E-state index is 0.0411. The molecule has 0 bridgehead atoms. The van der Waals surface area contributed by atoms with Gasteiger partial charge in [-0.15, -0.1) is 0 Å². The van der Waals surface area contributed by atoms with Crippen molar-refractivity contribution in [2.45, 2.75) is 168 Å². The molecule has 30 heavy (non-hydrogen) atoms. The van der Waals surface area contributed by atoms with Crippen LogP contribution in [0.15, 0.2) is 0 Å². The molecule has 0 saturated heterocycles. The Kier molecular flexibility index (Phi) is 25.8. The summed E-state index contributed by atoms with van der Waals surface area (Å²) in [6.07, 6.45) is 30.4. The standard InChI is InChI=1S/C26H55O3P/c1-3-5-7-9-10-11-12-13-14-15-16-17-18-19-21-23-25-26(29-30(27)28)24-22-20-8-6-4-2/h26-28H,3-25H2,1-2H3. The number of unbranched alkanes of at least 4 members (excludes halogenated alkanes) is 19. The fraction of sp³-hybridized carbons (Fsp3) is 1.00. The normalized spacial score (nSPS) is 12.7. The average Bonchev–Trinajstić information content (AvgIpc) is 2.72. The van der Waals surface area contributed by atoms with E-state index in [1.165, 1.54) is 122 Å². The largest absolute Gasteiger partial charge is 0.328 e. The monoisotopic (exact) mass is 446 g/mol. The highest BCUT2D eigenvalue weighted by Gasteiger charge is 2.13. The van der Waals surface area contributed by atoms with Crippen LogP contribution in [0.2, 0.25) is 0 Å². The topological polar surface area (TPSA) is 49.7 Å². The zero-order valence-electron chi connectivity index (χ0n) is 20.6. The van der Waals surface area contributed by atoms with Crippen LogP contribution >= 0.6 is 8.60 Å². The first-order valence-corrected chi connectivity index (χ1v) is 14.7. The summed E-state index contributed by atoms with van der Waals surface area (Å²) in [7, 11) is -2.21. The van der Waals surface area contributed by atoms with Gasteiger partial charge in [0.15, 0.2) is 0 Å². The van der Waals surface area contributed by atoms with Crippen LogP contribution in [-0.4, -0.2) is 15.9 Å². The molecule has 0 aliphatic heterocycles. The van der Waals surface area contributed by atoms with Crippen molar-refractivity contribution in [3.63, 3.8) is 0 Å². The molecule has 0 heterocycles. The van der Waals surface area contributed by atoms with Gasteiger partial charge >= 0.3 is 8.60 Å². The molecule has 182 valence electrons. The summed E-state index contributed by atoms with van der Waals surface area (Å²) in [4.78, 5) is 18.4. The Morgan fingerprint density at radius 1 is 0.467 bits per heavy atom. The van der Waals surface area contributed by atoms with Crippen molar-refractivity contribution in [3.05, 3.63) is 0 Å². The Bertz CT molecular complexity index is 313. The molecule has 4 heteroatoms. The molecule has 0 aromatic rings. The van der Waals surface area contributed by atoms with E-state index in [-0.39, 0.29) is 6.10 Å². The minimum atomic E-state index is -2.21. The molecule has 0 spiro atoms. The van der Waals surface area contributed by atoms with E-state index in [2.05, 4.69) is 13.8 Å². The first-order chi connectivity index (χ1) is 14.7. The van der Waals surface area contributed by atoms with Crippen molar-refractivity contribution < 1.29 is 14.3 Å². The number of hydrogen-bond donors (Lipinski definition) is 2. The molecule has 0 aromatic heterocycles. The molecule has 1 unspecified atom stereocenters. The van der Waals surface area contributed by atoms with E-state index in [9.17, 15) is 9.79 Å². The predicted octanol–water partition coefficient (Wildman–Crippen LogP) is 9.60. The Hall–Kier alpha value is 0.310. The Labute approximate surface area is 190 Å². The summed E-state index contributed by atoms with van der Waals surface area (Å²) in [6, 6.07) is 0. The SMILES string of the molecule is CCCCCCCCCCCCCCCCCCC(CCCCCCC)OP(O)O. The lowest BCUT2D eigenvalue weighted by atomic mass is 10.0. The Morgan fingerprint density at radius 2 is 0.733 bits per heavy atom. The van der Waals surface area contributed by atoms with Crippen LogP contribution in [0.1, 0.15) is 162 Å². The lowest BCUT2D eigenvalue weighted by Gasteiger charge is -2.17. The van der Waals surface area contributed by atoms with Crippen LogP contribution in [0.5, 0.6) is 0 Å². The third kappa shape index (κ3) is 24.6. The molecule has 0 aliphatic carbocycles. The van der Waals surface area contributed by atoms with Gasteiger partial charge in [0, 0.05) is 0 Å². The van der Waals surface area contributed by atoms with Gasteiger partial charge < -0.3 is 14.3 Å². The first kappa shape index (κ1) is 30.3. The molecule has 0 radical (unpaired) electrons. The molecule has 0 aliphatic rings. The van der Waals surface area contributed by atoms with E-state index in [4.69, 9.17) is 4.52 Å². The van der Waals surface area contributed by atoms with E-state index >= 15 is 0 Å². The van der Waals surface area contributed by atoms with Crippen molar-refractivity contribution in [1.82, 2.24) is 0 Å². The molecular formula is C26H55O3P. The lowest BCUT2D eigenvalue weighted by molar-refractivity contribution is 0.147. The van der Waals surface area contributed by atoms with Crippen LogP contribution in [0.4, 0.5) is 0 Å². The van der Waals surface area contributed by atoms with Gasteiger partial charge in [-0.1, -0.05) is 149 Å². The van der Waals surface area contributed by atoms with E-state index in [1.807, 2.05) is 0 Å². The summed E-state index contributed by atoms with van der Waals surface area (Å²) in [5.74, 6) is 0. The first-order valence-electron chi connectivity index (χ1n) is 13.5. The maximum absolute atomic E-state index is 9.20. The van der Waals surface area contributed by atoms with Gasteiger partial charge in [-0.2, -0.15) is 0 Å². The highest BCUT2D eigenvalue weighted by molar-refractivity contribution is 7.39. The van der Waals surface area contributed by atoms with Gasteiger partial charge in [0.25, 0.3) is 0 Å². The third-order valence-electron chi connectivity index (χ3n) is 6.25. The van der Waals surface area contributed by atoms with Crippen LogP contribution in [0.3, 0.4) is 0 Å². The molecule has 3 nitrogen and oxygen atoms in total. The van der Waals surface area contributed by atoms with Crippen LogP contribution in [0, 0.1) is 0 Å². The van der Waals surface area contributed by atoms with Gasteiger partial charge in [-0.3, -0.25) is 0 Å². The molecule has 2 N–H and O–H groups in total. The maximum Gasteiger partial charge on any atom is 0.327 e. The predicted molar refractivity (Wildman–Crippen MR) is 134 cm³/mol. The average molecular weight is 447 g/mol. The van der Waals surface area contributed by atoms with Crippen molar-refractivity contribution in [3.8, 4) is 0 Å². The van der Waals surface area contributed by atoms with Gasteiger partial charge in [0.05, 0.1) is 6.10 Å². The molecule has 0 fully saturated rings. The van der Waals surface area contributed by atoms with Gasteiger partial charge in [0.1, 0.15) is 0 Å². The maximum atomic E-state index is 9.20. The number of hydrogen-bond acceptors (Lipinski definition) is 3. The second-order valence-corrected chi connectivity index (χ2v) is 9.99. The second kappa shape index (κ2) is 25.6. The second-order valence-electron chi connectivity index (χ2n) is 9.28. The Morgan fingerprint density at radius 3 is 1.00 bits per heavy atom. The zero-order valence-corrected chi connectivity index (χ0v) is 21.5. The highest BCUT2D eigenvalue weighted by Crippen LogP contribution is 2.31. The molecule has 0 rings (SSSR count). The molecule has 0 saturated carbocycles. The molecule has 1 atom stereocenters. The Balaban J connectivity index is 3.39. The van der Waals surface area contributed by atoms with Crippen molar-refractivity contribution >= 4 is 8.60 Å². The summed E-state index contributed by atoms with van der Waals surface area (Å²) in [5.41, 5.74) is 0. The van der Waals surface area contributed by atoms with Crippen molar-refractivity contribution in [1.29, 1.82) is 0 Å². The molecular weight excluding hydrogens is 391 g/mol. The van der Waals surface area contributed by atoms with E-state index in [0.717, 1.165) is 25.7 Å². The summed E-state index contributed by atoms with van der Waals surface area (Å²) < 4.78 is 5.36. The number of rotatable bonds is 25. The minimum Gasteiger partial charge on any atom is -0.328 e. The fourth-order valence-electron chi connectivity index (χ4n) is 4.28. The summed E-state index contributed by atoms with van der Waals surface area (Å²) in [6.45, 7) is 4.52. The van der Waals surface area contributed by atoms with Gasteiger partial charge in [-0.05, 0) is 12.8 Å². The van der Waals surface area contributed by atoms with Gasteiger partial charge in [-0.25, -0.2) is 0 Å². The van der Waals surface area contributed by atoms with Crippen LogP contribution < -0.4 is 0 Å². The smallest absolute Gasteiger partial charge is 0.327 e. The van der Waals surface area contributed by atoms with Crippen molar-refractivity contribution in [2.75, 3.05) is 0 Å². The quantitative estimate of drug-likeness (QED) is 0.108. The van der Waals surface area contributed by atoms with Crippen LogP contribution in [0.25, 0.3) is 0 Å². The summed E-state index contributed by atoms with van der Waals surface area (Å²) >= 11 is 0. The lowest BCUT2D eigenvalue weighted by Crippen LogP contribution is -2.10.